The summed E-state index contributed by atoms with van der Waals surface area (Å²) in [5, 5.41) is 8.74. The summed E-state index contributed by atoms with van der Waals surface area (Å²) in [6.45, 7) is 2.56. The molecule has 0 aliphatic heterocycles. The van der Waals surface area contributed by atoms with Gasteiger partial charge in [0, 0.05) is 12.1 Å². The molecule has 2 rings (SSSR count). The van der Waals surface area contributed by atoms with Gasteiger partial charge in [-0.2, -0.15) is 5.26 Å². The van der Waals surface area contributed by atoms with E-state index in [0.29, 0.717) is 12.1 Å². The predicted molar refractivity (Wildman–Crippen MR) is 75.7 cm³/mol. The van der Waals surface area contributed by atoms with Crippen molar-refractivity contribution < 1.29 is 4.39 Å². The van der Waals surface area contributed by atoms with Crippen LogP contribution in [0.1, 0.15) is 18.9 Å². The van der Waals surface area contributed by atoms with Crippen LogP contribution in [-0.2, 0) is 13.0 Å². The first-order valence-corrected chi connectivity index (χ1v) is 6.53. The van der Waals surface area contributed by atoms with Crippen molar-refractivity contribution in [3.63, 3.8) is 0 Å². The summed E-state index contributed by atoms with van der Waals surface area (Å²) >= 11 is 0. The number of nitriles is 1. The molecule has 0 radical (unpaired) electrons. The number of rotatable bonds is 4. The Hall–Kier alpha value is -2.41. The monoisotopic (exact) mass is 270 g/mol. The molecule has 102 valence electrons. The highest BCUT2D eigenvalue weighted by atomic mass is 19.1. The lowest BCUT2D eigenvalue weighted by atomic mass is 10.1. The normalized spacial score (nSPS) is 10.2. The lowest BCUT2D eigenvalue weighted by molar-refractivity contribution is 0.627. The fourth-order valence-electron chi connectivity index (χ4n) is 2.16. The van der Waals surface area contributed by atoms with Gasteiger partial charge in [-0.05, 0) is 42.3 Å². The van der Waals surface area contributed by atoms with Crippen molar-refractivity contribution in [3.05, 3.63) is 58.1 Å². The van der Waals surface area contributed by atoms with Gasteiger partial charge in [0.15, 0.2) is 0 Å². The molecule has 4 heteroatoms. The summed E-state index contributed by atoms with van der Waals surface area (Å²) in [4.78, 5) is 12.3. The minimum absolute atomic E-state index is 0.103. The first kappa shape index (κ1) is 14.0. The van der Waals surface area contributed by atoms with Gasteiger partial charge in [0.1, 0.15) is 5.82 Å². The first-order valence-electron chi connectivity index (χ1n) is 6.53. The van der Waals surface area contributed by atoms with E-state index in [1.54, 1.807) is 22.8 Å². The summed E-state index contributed by atoms with van der Waals surface area (Å²) in [5.41, 5.74) is 1.89. The fourth-order valence-corrected chi connectivity index (χ4v) is 2.16. The van der Waals surface area contributed by atoms with Crippen LogP contribution in [-0.4, -0.2) is 4.57 Å². The molecule has 0 saturated heterocycles. The summed E-state index contributed by atoms with van der Waals surface area (Å²) in [7, 11) is 0. The molecule has 1 heterocycles. The van der Waals surface area contributed by atoms with E-state index < -0.39 is 0 Å². The quantitative estimate of drug-likeness (QED) is 0.856. The molecule has 0 aliphatic rings. The van der Waals surface area contributed by atoms with Gasteiger partial charge in [-0.3, -0.25) is 4.79 Å². The Labute approximate surface area is 116 Å². The molecular weight excluding hydrogens is 255 g/mol. The Morgan fingerprint density at radius 2 is 1.90 bits per heavy atom. The van der Waals surface area contributed by atoms with Crippen LogP contribution in [0, 0.1) is 17.1 Å². The van der Waals surface area contributed by atoms with Crippen LogP contribution in [0.4, 0.5) is 4.39 Å². The molecule has 0 N–H and O–H groups in total. The van der Waals surface area contributed by atoms with Gasteiger partial charge in [0.05, 0.1) is 18.2 Å². The van der Waals surface area contributed by atoms with Crippen LogP contribution < -0.4 is 5.56 Å². The maximum Gasteiger partial charge on any atom is 0.255 e. The van der Waals surface area contributed by atoms with E-state index >= 15 is 0 Å². The van der Waals surface area contributed by atoms with Gasteiger partial charge in [0.2, 0.25) is 0 Å². The van der Waals surface area contributed by atoms with Crippen molar-refractivity contribution in [3.8, 4) is 17.3 Å². The topological polar surface area (TPSA) is 45.8 Å². The van der Waals surface area contributed by atoms with Gasteiger partial charge in [-0.25, -0.2) is 4.39 Å². The number of nitrogens with zero attached hydrogens (tertiary/aromatic N) is 2. The van der Waals surface area contributed by atoms with Gasteiger partial charge in [-0.1, -0.05) is 13.0 Å². The Balaban J connectivity index is 2.58. The van der Waals surface area contributed by atoms with E-state index in [2.05, 4.69) is 0 Å². The number of pyridine rings is 1. The highest BCUT2D eigenvalue weighted by molar-refractivity contribution is 5.59. The smallest absolute Gasteiger partial charge is 0.255 e. The summed E-state index contributed by atoms with van der Waals surface area (Å²) in [6, 6.07) is 11.5. The average Bonchev–Trinajstić information content (AvgIpc) is 2.45. The van der Waals surface area contributed by atoms with Crippen LogP contribution in [0.5, 0.6) is 0 Å². The van der Waals surface area contributed by atoms with Gasteiger partial charge in [0.25, 0.3) is 5.56 Å². The molecule has 1 aromatic heterocycles. The molecule has 0 aliphatic carbocycles. The van der Waals surface area contributed by atoms with Crippen molar-refractivity contribution in [1.29, 1.82) is 5.26 Å². The number of benzene rings is 1. The van der Waals surface area contributed by atoms with Crippen molar-refractivity contribution in [2.45, 2.75) is 26.3 Å². The SMILES string of the molecule is CCCn1c(-c2ccc(F)cc2)ccc(CC#N)c1=O. The maximum absolute atomic E-state index is 13.0. The molecule has 2 aromatic rings. The van der Waals surface area contributed by atoms with E-state index in [4.69, 9.17) is 5.26 Å². The lowest BCUT2D eigenvalue weighted by Crippen LogP contribution is -2.24. The third-order valence-electron chi connectivity index (χ3n) is 3.11. The Kier molecular flexibility index (Phi) is 4.31. The summed E-state index contributed by atoms with van der Waals surface area (Å²) in [5.74, 6) is -0.306. The van der Waals surface area contributed by atoms with Crippen molar-refractivity contribution in [2.24, 2.45) is 0 Å². The largest absolute Gasteiger partial charge is 0.308 e. The van der Waals surface area contributed by atoms with Crippen molar-refractivity contribution in [2.75, 3.05) is 0 Å². The lowest BCUT2D eigenvalue weighted by Gasteiger charge is -2.13. The second-order valence-corrected chi connectivity index (χ2v) is 4.54. The zero-order valence-corrected chi connectivity index (χ0v) is 11.3. The Bertz CT molecular complexity index is 696. The minimum atomic E-state index is -0.306. The summed E-state index contributed by atoms with van der Waals surface area (Å²) < 4.78 is 14.6. The van der Waals surface area contributed by atoms with E-state index in [1.165, 1.54) is 12.1 Å². The second kappa shape index (κ2) is 6.16. The highest BCUT2D eigenvalue weighted by Gasteiger charge is 2.10. The predicted octanol–water partition coefficient (Wildman–Crippen LogP) is 3.13. The highest BCUT2D eigenvalue weighted by Crippen LogP contribution is 2.19. The van der Waals surface area contributed by atoms with Crippen molar-refractivity contribution in [1.82, 2.24) is 4.57 Å². The van der Waals surface area contributed by atoms with Gasteiger partial charge in [-0.15, -0.1) is 0 Å². The second-order valence-electron chi connectivity index (χ2n) is 4.54. The molecular formula is C16H15FN2O. The zero-order valence-electron chi connectivity index (χ0n) is 11.3. The number of aromatic nitrogens is 1. The Morgan fingerprint density at radius 3 is 2.50 bits per heavy atom. The van der Waals surface area contributed by atoms with Crippen LogP contribution in [0.3, 0.4) is 0 Å². The van der Waals surface area contributed by atoms with E-state index in [-0.39, 0.29) is 17.8 Å². The third-order valence-corrected chi connectivity index (χ3v) is 3.11. The van der Waals surface area contributed by atoms with Crippen LogP contribution in [0.2, 0.25) is 0 Å². The van der Waals surface area contributed by atoms with Gasteiger partial charge < -0.3 is 4.57 Å². The van der Waals surface area contributed by atoms with Crippen LogP contribution >= 0.6 is 0 Å². The molecule has 0 spiro atoms. The molecule has 0 amide bonds. The molecule has 0 atom stereocenters. The summed E-state index contributed by atoms with van der Waals surface area (Å²) in [6.07, 6.45) is 0.913. The molecule has 1 aromatic carbocycles. The molecule has 0 bridgehead atoms. The van der Waals surface area contributed by atoms with E-state index in [1.807, 2.05) is 19.1 Å². The number of halogens is 1. The van der Waals surface area contributed by atoms with Crippen molar-refractivity contribution >= 4 is 0 Å². The molecule has 0 fully saturated rings. The minimum Gasteiger partial charge on any atom is -0.308 e. The maximum atomic E-state index is 13.0. The average molecular weight is 270 g/mol. The first-order chi connectivity index (χ1) is 9.67. The van der Waals surface area contributed by atoms with E-state index in [9.17, 15) is 9.18 Å². The Morgan fingerprint density at radius 1 is 1.20 bits per heavy atom. The number of hydrogen-bond acceptors (Lipinski definition) is 2. The third kappa shape index (κ3) is 2.77. The zero-order chi connectivity index (χ0) is 14.5. The molecule has 0 unspecified atom stereocenters. The molecule has 20 heavy (non-hydrogen) atoms. The van der Waals surface area contributed by atoms with Crippen LogP contribution in [0.15, 0.2) is 41.2 Å². The number of hydrogen-bond donors (Lipinski definition) is 0. The molecule has 0 saturated carbocycles. The van der Waals surface area contributed by atoms with E-state index in [0.717, 1.165) is 17.7 Å². The molecule has 3 nitrogen and oxygen atoms in total. The fraction of sp³-hybridized carbons (Fsp3) is 0.250. The van der Waals surface area contributed by atoms with Gasteiger partial charge >= 0.3 is 0 Å². The standard InChI is InChI=1S/C16H15FN2O/c1-2-11-19-15(12-3-6-14(17)7-4-12)8-5-13(9-10-18)16(19)20/h3-8H,2,9,11H2,1H3. The van der Waals surface area contributed by atoms with Crippen LogP contribution in [0.25, 0.3) is 11.3 Å².